The highest BCUT2D eigenvalue weighted by Crippen LogP contribution is 2.65. The number of allylic oxidation sites excluding steroid dienone is 2. The van der Waals surface area contributed by atoms with E-state index in [4.69, 9.17) is 34.8 Å². The van der Waals surface area contributed by atoms with Gasteiger partial charge in [-0.2, -0.15) is 0 Å². The number of hydrogen-bond donors (Lipinski definition) is 2. The van der Waals surface area contributed by atoms with E-state index in [0.717, 1.165) is 10.5 Å². The molecule has 3 fully saturated rings. The summed E-state index contributed by atoms with van der Waals surface area (Å²) < 4.78 is 0. The quantitative estimate of drug-likeness (QED) is 0.310. The standard InChI is InChI=1S/C29H25Cl3N2O6/c1-33-26(39)28(31)13-20-17(23(29(28,32)27(33)40)18-7-6-16(36)12-21(18)30)8-9-19-22(20)25(38)34(24(19)37)11-10-14-2-4-15(35)5-3-14/h2-8,12,19-20,22-23,35-36H,9-11,13H2,1H3/t19-,20+,22-,23+,28+,29-/m0/s1. The summed E-state index contributed by atoms with van der Waals surface area (Å²) in [6.45, 7) is 0.163. The summed E-state index contributed by atoms with van der Waals surface area (Å²) in [6.07, 6.45) is 2.40. The molecule has 11 heteroatoms. The van der Waals surface area contributed by atoms with Gasteiger partial charge in [0.2, 0.25) is 11.8 Å². The van der Waals surface area contributed by atoms with Gasteiger partial charge in [0.05, 0.1) is 11.8 Å². The molecular formula is C29H25Cl3N2O6. The van der Waals surface area contributed by atoms with Crippen molar-refractivity contribution in [2.45, 2.75) is 34.9 Å². The number of fused-ring (bicyclic) bond motifs is 4. The number of aromatic hydroxyl groups is 2. The van der Waals surface area contributed by atoms with Crippen molar-refractivity contribution < 1.29 is 29.4 Å². The van der Waals surface area contributed by atoms with Crippen molar-refractivity contribution in [3.05, 3.63) is 70.3 Å². The largest absolute Gasteiger partial charge is 0.508 e. The predicted molar refractivity (Wildman–Crippen MR) is 147 cm³/mol. The highest BCUT2D eigenvalue weighted by Gasteiger charge is 2.76. The molecule has 6 atom stereocenters. The molecule has 6 rings (SSSR count). The van der Waals surface area contributed by atoms with E-state index in [9.17, 15) is 29.4 Å². The van der Waals surface area contributed by atoms with Gasteiger partial charge < -0.3 is 10.2 Å². The Hall–Kier alpha value is -3.07. The second-order valence-corrected chi connectivity index (χ2v) is 12.6. The van der Waals surface area contributed by atoms with Crippen LogP contribution in [0.1, 0.15) is 29.9 Å². The zero-order valence-electron chi connectivity index (χ0n) is 21.3. The summed E-state index contributed by atoms with van der Waals surface area (Å²) in [6, 6.07) is 10.8. The number of rotatable bonds is 4. The molecule has 208 valence electrons. The fourth-order valence-corrected chi connectivity index (χ4v) is 8.32. The van der Waals surface area contributed by atoms with Gasteiger partial charge >= 0.3 is 0 Å². The number of phenolic OH excluding ortho intramolecular Hbond substituents is 2. The fourth-order valence-electron chi connectivity index (χ4n) is 7.03. The average Bonchev–Trinajstić information content (AvgIpc) is 3.23. The highest BCUT2D eigenvalue weighted by molar-refractivity contribution is 6.53. The maximum absolute atomic E-state index is 13.9. The van der Waals surface area contributed by atoms with Crippen LogP contribution in [0.25, 0.3) is 0 Å². The maximum Gasteiger partial charge on any atom is 0.253 e. The summed E-state index contributed by atoms with van der Waals surface area (Å²) >= 11 is 20.8. The number of likely N-dealkylation sites (tertiary alicyclic amines) is 2. The minimum Gasteiger partial charge on any atom is -0.508 e. The van der Waals surface area contributed by atoms with Crippen LogP contribution in [0.4, 0.5) is 0 Å². The first-order valence-electron chi connectivity index (χ1n) is 12.9. The van der Waals surface area contributed by atoms with Crippen molar-refractivity contribution in [3.8, 4) is 11.5 Å². The molecule has 0 radical (unpaired) electrons. The van der Waals surface area contributed by atoms with Gasteiger partial charge in [0.1, 0.15) is 11.5 Å². The first-order valence-corrected chi connectivity index (χ1v) is 14.1. The zero-order chi connectivity index (χ0) is 28.7. The van der Waals surface area contributed by atoms with Crippen molar-refractivity contribution in [1.82, 2.24) is 9.80 Å². The van der Waals surface area contributed by atoms with Crippen molar-refractivity contribution in [2.75, 3.05) is 13.6 Å². The number of amides is 4. The highest BCUT2D eigenvalue weighted by atomic mass is 35.5. The van der Waals surface area contributed by atoms with E-state index in [2.05, 4.69) is 0 Å². The lowest BCUT2D eigenvalue weighted by atomic mass is 9.56. The smallest absolute Gasteiger partial charge is 0.253 e. The minimum absolute atomic E-state index is 0.0914. The van der Waals surface area contributed by atoms with Gasteiger partial charge in [-0.3, -0.25) is 29.0 Å². The summed E-state index contributed by atoms with van der Waals surface area (Å²) in [4.78, 5) is 52.7. The summed E-state index contributed by atoms with van der Waals surface area (Å²) in [5.74, 6) is -4.99. The zero-order valence-corrected chi connectivity index (χ0v) is 23.6. The molecule has 0 unspecified atom stereocenters. The maximum atomic E-state index is 13.9. The Bertz CT molecular complexity index is 1510. The van der Waals surface area contributed by atoms with Crippen molar-refractivity contribution in [2.24, 2.45) is 17.8 Å². The number of imide groups is 2. The molecule has 40 heavy (non-hydrogen) atoms. The number of phenols is 2. The Morgan fingerprint density at radius 2 is 1.60 bits per heavy atom. The summed E-state index contributed by atoms with van der Waals surface area (Å²) in [5.41, 5.74) is 1.89. The average molecular weight is 604 g/mol. The van der Waals surface area contributed by atoms with E-state index in [0.29, 0.717) is 17.6 Å². The Kier molecular flexibility index (Phi) is 6.25. The molecule has 2 aliphatic carbocycles. The number of benzene rings is 2. The monoisotopic (exact) mass is 602 g/mol. The van der Waals surface area contributed by atoms with Gasteiger partial charge in [0.25, 0.3) is 11.8 Å². The van der Waals surface area contributed by atoms with Crippen LogP contribution in [0.15, 0.2) is 54.1 Å². The first kappa shape index (κ1) is 27.1. The Labute approximate surface area is 245 Å². The lowest BCUT2D eigenvalue weighted by Crippen LogP contribution is -2.60. The molecular weight excluding hydrogens is 579 g/mol. The normalized spacial score (nSPS) is 33.1. The van der Waals surface area contributed by atoms with E-state index in [1.807, 2.05) is 6.08 Å². The molecule has 2 heterocycles. The van der Waals surface area contributed by atoms with Gasteiger partial charge in [-0.05, 0) is 60.6 Å². The van der Waals surface area contributed by atoms with Crippen LogP contribution in [-0.2, 0) is 25.6 Å². The number of nitrogens with zero attached hydrogens (tertiary/aromatic N) is 2. The summed E-state index contributed by atoms with van der Waals surface area (Å²) in [7, 11) is 1.32. The fraction of sp³-hybridized carbons (Fsp3) is 0.379. The molecule has 0 spiro atoms. The first-order chi connectivity index (χ1) is 18.9. The number of alkyl halides is 2. The third-order valence-corrected chi connectivity index (χ3v) is 10.7. The van der Waals surface area contributed by atoms with Crippen LogP contribution in [0.3, 0.4) is 0 Å². The summed E-state index contributed by atoms with van der Waals surface area (Å²) in [5, 5.41) is 19.7. The molecule has 2 aliphatic heterocycles. The van der Waals surface area contributed by atoms with Crippen LogP contribution in [0.2, 0.25) is 5.02 Å². The Balaban J connectivity index is 1.41. The molecule has 1 saturated carbocycles. The molecule has 2 aromatic rings. The second kappa shape index (κ2) is 9.23. The SMILES string of the molecule is CN1C(=O)[C@]2(Cl)C[C@@H]3C(=CC[C@@H]4C(=O)N(CCc5ccc(O)cc5)C(=O)[C@@H]43)[C@H](c3ccc(O)cc3Cl)[C@]2(Cl)C1=O. The Morgan fingerprint density at radius 1 is 0.925 bits per heavy atom. The van der Waals surface area contributed by atoms with Gasteiger partial charge in [-0.25, -0.2) is 0 Å². The number of hydrogen-bond acceptors (Lipinski definition) is 6. The van der Waals surface area contributed by atoms with Crippen molar-refractivity contribution in [3.63, 3.8) is 0 Å². The van der Waals surface area contributed by atoms with Crippen LogP contribution in [-0.4, -0.2) is 67.0 Å². The van der Waals surface area contributed by atoms with E-state index in [-0.39, 0.29) is 47.7 Å². The molecule has 0 aromatic heterocycles. The van der Waals surface area contributed by atoms with Gasteiger partial charge in [0, 0.05) is 24.5 Å². The van der Waals surface area contributed by atoms with E-state index in [1.165, 1.54) is 24.1 Å². The number of carbonyl (C=O) groups excluding carboxylic acids is 4. The van der Waals surface area contributed by atoms with Crippen LogP contribution in [0.5, 0.6) is 11.5 Å². The molecule has 2 aromatic carbocycles. The van der Waals surface area contributed by atoms with Crippen molar-refractivity contribution >= 4 is 58.4 Å². The van der Waals surface area contributed by atoms with Crippen molar-refractivity contribution in [1.29, 1.82) is 0 Å². The Morgan fingerprint density at radius 3 is 2.27 bits per heavy atom. The van der Waals surface area contributed by atoms with Crippen LogP contribution in [0, 0.1) is 17.8 Å². The van der Waals surface area contributed by atoms with Gasteiger partial charge in [0.15, 0.2) is 9.75 Å². The molecule has 8 nitrogen and oxygen atoms in total. The van der Waals surface area contributed by atoms with Crippen LogP contribution < -0.4 is 0 Å². The van der Waals surface area contributed by atoms with E-state index >= 15 is 0 Å². The van der Waals surface area contributed by atoms with E-state index in [1.54, 1.807) is 30.3 Å². The lowest BCUT2D eigenvalue weighted by Gasteiger charge is -2.51. The molecule has 4 amide bonds. The van der Waals surface area contributed by atoms with Gasteiger partial charge in [-0.15, -0.1) is 23.2 Å². The van der Waals surface area contributed by atoms with Gasteiger partial charge in [-0.1, -0.05) is 41.4 Å². The number of carbonyl (C=O) groups is 4. The predicted octanol–water partition coefficient (Wildman–Crippen LogP) is 3.98. The third kappa shape index (κ3) is 3.58. The molecule has 0 bridgehead atoms. The molecule has 2 saturated heterocycles. The lowest BCUT2D eigenvalue weighted by molar-refractivity contribution is -0.141. The molecule has 2 N–H and O–H groups in total. The minimum atomic E-state index is -1.93. The number of halogens is 3. The topological polar surface area (TPSA) is 115 Å². The second-order valence-electron chi connectivity index (χ2n) is 10.9. The molecule has 4 aliphatic rings. The van der Waals surface area contributed by atoms with E-state index < -0.39 is 45.2 Å². The third-order valence-electron chi connectivity index (χ3n) is 8.96. The van der Waals surface area contributed by atoms with Crippen LogP contribution >= 0.6 is 34.8 Å².